The summed E-state index contributed by atoms with van der Waals surface area (Å²) in [5, 5.41) is 13.7. The molecule has 2 aliphatic rings. The first-order valence-electron chi connectivity index (χ1n) is 7.39. The zero-order valence-electron chi connectivity index (χ0n) is 11.8. The van der Waals surface area contributed by atoms with E-state index in [0.717, 1.165) is 12.3 Å². The van der Waals surface area contributed by atoms with E-state index in [9.17, 15) is 5.11 Å². The molecule has 0 spiro atoms. The highest BCUT2D eigenvalue weighted by molar-refractivity contribution is 4.87. The maximum atomic E-state index is 10.2. The van der Waals surface area contributed by atoms with Gasteiger partial charge in [0, 0.05) is 25.6 Å². The lowest BCUT2D eigenvalue weighted by atomic mass is 9.89. The van der Waals surface area contributed by atoms with E-state index in [2.05, 4.69) is 24.1 Å². The molecule has 2 aliphatic heterocycles. The lowest BCUT2D eigenvalue weighted by Gasteiger charge is -2.35. The predicted octanol–water partition coefficient (Wildman–Crippen LogP) is 0.848. The van der Waals surface area contributed by atoms with Crippen molar-refractivity contribution in [2.75, 3.05) is 39.4 Å². The van der Waals surface area contributed by atoms with E-state index in [1.165, 1.54) is 32.5 Å². The number of aliphatic hydroxyl groups is 1. The Bertz CT molecular complexity index is 246. The van der Waals surface area contributed by atoms with Crippen molar-refractivity contribution in [3.05, 3.63) is 0 Å². The average Bonchev–Trinajstić information content (AvgIpc) is 2.83. The summed E-state index contributed by atoms with van der Waals surface area (Å²) < 4.78 is 5.27. The molecule has 0 aliphatic carbocycles. The first kappa shape index (κ1) is 14.3. The lowest BCUT2D eigenvalue weighted by molar-refractivity contribution is 0.0223. The van der Waals surface area contributed by atoms with Crippen LogP contribution in [-0.4, -0.2) is 61.0 Å². The third kappa shape index (κ3) is 3.67. The third-order valence-corrected chi connectivity index (χ3v) is 4.62. The maximum absolute atomic E-state index is 10.2. The van der Waals surface area contributed by atoms with Crippen LogP contribution < -0.4 is 5.32 Å². The second kappa shape index (κ2) is 6.33. The second-order valence-electron chi connectivity index (χ2n) is 5.97. The number of hydrogen-bond acceptors (Lipinski definition) is 4. The van der Waals surface area contributed by atoms with E-state index in [1.807, 2.05) is 0 Å². The largest absolute Gasteiger partial charge is 0.386 e. The van der Waals surface area contributed by atoms with Crippen LogP contribution in [0.5, 0.6) is 0 Å². The molecule has 2 saturated heterocycles. The van der Waals surface area contributed by atoms with Crippen LogP contribution in [0.1, 0.15) is 33.1 Å². The zero-order valence-corrected chi connectivity index (χ0v) is 11.8. The summed E-state index contributed by atoms with van der Waals surface area (Å²) in [5.41, 5.74) is -0.627. The van der Waals surface area contributed by atoms with Crippen LogP contribution in [0.3, 0.4) is 0 Å². The molecule has 2 heterocycles. The zero-order chi connectivity index (χ0) is 13.0. The van der Waals surface area contributed by atoms with Crippen LogP contribution in [0.15, 0.2) is 0 Å². The van der Waals surface area contributed by atoms with Crippen molar-refractivity contribution in [1.82, 2.24) is 10.2 Å². The lowest BCUT2D eigenvalue weighted by Crippen LogP contribution is -2.48. The average molecular weight is 256 g/mol. The van der Waals surface area contributed by atoms with Crippen molar-refractivity contribution in [2.45, 2.75) is 44.8 Å². The molecule has 0 aromatic rings. The molecule has 0 radical (unpaired) electrons. The summed E-state index contributed by atoms with van der Waals surface area (Å²) in [6.45, 7) is 9.96. The first-order chi connectivity index (χ1) is 8.63. The quantitative estimate of drug-likeness (QED) is 0.765. The maximum Gasteiger partial charge on any atom is 0.102 e. The predicted molar refractivity (Wildman–Crippen MR) is 72.7 cm³/mol. The van der Waals surface area contributed by atoms with E-state index in [-0.39, 0.29) is 0 Å². The van der Waals surface area contributed by atoms with Gasteiger partial charge in [0.25, 0.3) is 0 Å². The van der Waals surface area contributed by atoms with Gasteiger partial charge in [-0.15, -0.1) is 0 Å². The van der Waals surface area contributed by atoms with E-state index in [4.69, 9.17) is 4.74 Å². The van der Waals surface area contributed by atoms with Gasteiger partial charge < -0.3 is 20.1 Å². The Balaban J connectivity index is 1.70. The Morgan fingerprint density at radius 2 is 2.17 bits per heavy atom. The Hall–Kier alpha value is -0.160. The van der Waals surface area contributed by atoms with Gasteiger partial charge in [0.2, 0.25) is 0 Å². The number of rotatable bonds is 5. The second-order valence-corrected chi connectivity index (χ2v) is 5.97. The number of likely N-dealkylation sites (tertiary alicyclic amines) is 1. The van der Waals surface area contributed by atoms with Gasteiger partial charge in [-0.2, -0.15) is 0 Å². The number of hydrogen-bond donors (Lipinski definition) is 2. The monoisotopic (exact) mass is 256 g/mol. The van der Waals surface area contributed by atoms with Crippen molar-refractivity contribution in [3.63, 3.8) is 0 Å². The van der Waals surface area contributed by atoms with Crippen LogP contribution in [-0.2, 0) is 4.74 Å². The minimum absolute atomic E-state index is 0.487. The molecule has 2 fully saturated rings. The van der Waals surface area contributed by atoms with Crippen LogP contribution in [0.25, 0.3) is 0 Å². The molecule has 0 amide bonds. The molecule has 2 atom stereocenters. The molecule has 2 rings (SSSR count). The fourth-order valence-corrected chi connectivity index (χ4v) is 3.02. The molecule has 0 aromatic carbocycles. The standard InChI is InChI=1S/C14H28N2O2/c1-3-16-7-4-13(5-8-16)12(2)15-10-14(17)6-9-18-11-14/h12-13,15,17H,3-11H2,1-2H3. The van der Waals surface area contributed by atoms with E-state index in [1.54, 1.807) is 0 Å². The minimum atomic E-state index is -0.627. The van der Waals surface area contributed by atoms with Gasteiger partial charge in [-0.3, -0.25) is 0 Å². The number of piperidine rings is 1. The van der Waals surface area contributed by atoms with E-state index >= 15 is 0 Å². The van der Waals surface area contributed by atoms with Crippen molar-refractivity contribution < 1.29 is 9.84 Å². The van der Waals surface area contributed by atoms with Crippen molar-refractivity contribution in [2.24, 2.45) is 5.92 Å². The van der Waals surface area contributed by atoms with Crippen LogP contribution in [0.2, 0.25) is 0 Å². The van der Waals surface area contributed by atoms with Gasteiger partial charge in [0.1, 0.15) is 5.60 Å². The molecule has 2 unspecified atom stereocenters. The summed E-state index contributed by atoms with van der Waals surface area (Å²) >= 11 is 0. The topological polar surface area (TPSA) is 44.7 Å². The van der Waals surface area contributed by atoms with Crippen molar-refractivity contribution in [1.29, 1.82) is 0 Å². The normalized spacial score (nSPS) is 32.8. The molecule has 4 heteroatoms. The number of nitrogens with one attached hydrogen (secondary N) is 1. The highest BCUT2D eigenvalue weighted by Gasteiger charge is 2.33. The van der Waals surface area contributed by atoms with E-state index < -0.39 is 5.60 Å². The molecule has 2 N–H and O–H groups in total. The smallest absolute Gasteiger partial charge is 0.102 e. The van der Waals surface area contributed by atoms with Gasteiger partial charge in [-0.25, -0.2) is 0 Å². The highest BCUT2D eigenvalue weighted by Crippen LogP contribution is 2.22. The molecule has 0 saturated carbocycles. The molecular weight excluding hydrogens is 228 g/mol. The van der Waals surface area contributed by atoms with Crippen LogP contribution in [0, 0.1) is 5.92 Å². The van der Waals surface area contributed by atoms with E-state index in [0.29, 0.717) is 25.8 Å². The Kier molecular flexibility index (Phi) is 5.01. The number of nitrogens with zero attached hydrogens (tertiary/aromatic N) is 1. The summed E-state index contributed by atoms with van der Waals surface area (Å²) in [4.78, 5) is 2.52. The van der Waals surface area contributed by atoms with Gasteiger partial charge in [-0.1, -0.05) is 6.92 Å². The van der Waals surface area contributed by atoms with Crippen molar-refractivity contribution in [3.8, 4) is 0 Å². The SMILES string of the molecule is CCN1CCC(C(C)NCC2(O)CCOC2)CC1. The van der Waals surface area contributed by atoms with Crippen LogP contribution in [0.4, 0.5) is 0 Å². The molecule has 0 bridgehead atoms. The highest BCUT2D eigenvalue weighted by atomic mass is 16.5. The minimum Gasteiger partial charge on any atom is -0.386 e. The molecular formula is C14H28N2O2. The number of ether oxygens (including phenoxy) is 1. The molecule has 18 heavy (non-hydrogen) atoms. The van der Waals surface area contributed by atoms with Gasteiger partial charge in [0.05, 0.1) is 6.61 Å². The van der Waals surface area contributed by atoms with Gasteiger partial charge in [0.15, 0.2) is 0 Å². The third-order valence-electron chi connectivity index (χ3n) is 4.62. The fourth-order valence-electron chi connectivity index (χ4n) is 3.02. The molecule has 4 nitrogen and oxygen atoms in total. The Morgan fingerprint density at radius 1 is 1.44 bits per heavy atom. The van der Waals surface area contributed by atoms with Crippen LogP contribution >= 0.6 is 0 Å². The molecule has 106 valence electrons. The summed E-state index contributed by atoms with van der Waals surface area (Å²) in [6, 6.07) is 0.494. The summed E-state index contributed by atoms with van der Waals surface area (Å²) in [7, 11) is 0. The first-order valence-corrected chi connectivity index (χ1v) is 7.39. The summed E-state index contributed by atoms with van der Waals surface area (Å²) in [6.07, 6.45) is 3.31. The van der Waals surface area contributed by atoms with Gasteiger partial charge in [-0.05, 0) is 45.3 Å². The summed E-state index contributed by atoms with van der Waals surface area (Å²) in [5.74, 6) is 0.749. The Labute approximate surface area is 111 Å². The van der Waals surface area contributed by atoms with Gasteiger partial charge >= 0.3 is 0 Å². The molecule has 0 aromatic heterocycles. The fraction of sp³-hybridized carbons (Fsp3) is 1.00. The Morgan fingerprint density at radius 3 is 2.72 bits per heavy atom. The van der Waals surface area contributed by atoms with Crippen molar-refractivity contribution >= 4 is 0 Å².